The molecule has 0 N–H and O–H groups in total. The first-order valence-electron chi connectivity index (χ1n) is 4.79. The molecule has 0 radical (unpaired) electrons. The van der Waals surface area contributed by atoms with E-state index < -0.39 is 0 Å². The fraction of sp³-hybridized carbons (Fsp3) is 0.900. The highest BCUT2D eigenvalue weighted by molar-refractivity contribution is 5.88. The number of carbonyl (C=O) groups is 1. The molecule has 2 aliphatic rings. The van der Waals surface area contributed by atoms with Gasteiger partial charge in [-0.1, -0.05) is 19.8 Å². The molecule has 2 fully saturated rings. The van der Waals surface area contributed by atoms with Crippen molar-refractivity contribution in [2.45, 2.75) is 45.4 Å². The van der Waals surface area contributed by atoms with Crippen LogP contribution in [0.15, 0.2) is 0 Å². The van der Waals surface area contributed by atoms with Crippen molar-refractivity contribution >= 4 is 5.78 Å². The largest absolute Gasteiger partial charge is 0.299 e. The van der Waals surface area contributed by atoms with Crippen LogP contribution in [0.2, 0.25) is 0 Å². The van der Waals surface area contributed by atoms with E-state index in [0.717, 1.165) is 12.8 Å². The van der Waals surface area contributed by atoms with Gasteiger partial charge >= 0.3 is 0 Å². The minimum absolute atomic E-state index is 0.191. The third-order valence-electron chi connectivity index (χ3n) is 3.54. The maximum Gasteiger partial charge on any atom is 0.139 e. The topological polar surface area (TPSA) is 17.1 Å². The molecule has 1 nitrogen and oxygen atoms in total. The summed E-state index contributed by atoms with van der Waals surface area (Å²) in [6, 6.07) is 0. The second-order valence-electron chi connectivity index (χ2n) is 4.25. The third-order valence-corrected chi connectivity index (χ3v) is 3.54. The van der Waals surface area contributed by atoms with Crippen molar-refractivity contribution < 1.29 is 4.79 Å². The van der Waals surface area contributed by atoms with Gasteiger partial charge in [-0.15, -0.1) is 0 Å². The van der Waals surface area contributed by atoms with Crippen molar-refractivity contribution in [3.8, 4) is 0 Å². The molecule has 1 heteroatoms. The molecule has 2 atom stereocenters. The monoisotopic (exact) mass is 152 g/mol. The number of Topliss-reactive ketones (excluding diaryl/α,β-unsaturated/α-hetero) is 1. The van der Waals surface area contributed by atoms with Crippen molar-refractivity contribution in [1.29, 1.82) is 0 Å². The lowest BCUT2D eigenvalue weighted by molar-refractivity contribution is -0.124. The van der Waals surface area contributed by atoms with Gasteiger partial charge in [-0.05, 0) is 25.2 Å². The van der Waals surface area contributed by atoms with Gasteiger partial charge in [0.15, 0.2) is 0 Å². The molecule has 0 amide bonds. The lowest BCUT2D eigenvalue weighted by atomic mass is 9.93. The van der Waals surface area contributed by atoms with Gasteiger partial charge in [0.2, 0.25) is 0 Å². The summed E-state index contributed by atoms with van der Waals surface area (Å²) in [5.41, 5.74) is 0.191. The van der Waals surface area contributed by atoms with E-state index in [1.807, 2.05) is 0 Å². The molecule has 11 heavy (non-hydrogen) atoms. The fourth-order valence-electron chi connectivity index (χ4n) is 2.52. The Labute approximate surface area is 68.2 Å². The fourth-order valence-corrected chi connectivity index (χ4v) is 2.52. The average molecular weight is 152 g/mol. The quantitative estimate of drug-likeness (QED) is 0.521. The van der Waals surface area contributed by atoms with Crippen LogP contribution in [0.5, 0.6) is 0 Å². The summed E-state index contributed by atoms with van der Waals surface area (Å²) >= 11 is 0. The molecule has 0 bridgehead atoms. The van der Waals surface area contributed by atoms with Crippen LogP contribution < -0.4 is 0 Å². The maximum atomic E-state index is 11.6. The van der Waals surface area contributed by atoms with Crippen LogP contribution >= 0.6 is 0 Å². The standard InChI is InChI=1S/C10H16O/c1-8-7-10(8)6-4-2-3-5-9(10)11/h8H,2-7H2,1H3/t8-,10-/m0/s1. The summed E-state index contributed by atoms with van der Waals surface area (Å²) < 4.78 is 0. The molecule has 0 aromatic rings. The van der Waals surface area contributed by atoms with Crippen LogP contribution in [0.1, 0.15) is 45.4 Å². The zero-order valence-corrected chi connectivity index (χ0v) is 7.23. The zero-order valence-electron chi connectivity index (χ0n) is 7.23. The van der Waals surface area contributed by atoms with Crippen LogP contribution in [0, 0.1) is 11.3 Å². The van der Waals surface area contributed by atoms with Gasteiger partial charge in [0, 0.05) is 11.8 Å². The molecule has 0 aliphatic heterocycles. The number of hydrogen-bond donors (Lipinski definition) is 0. The van der Waals surface area contributed by atoms with E-state index in [2.05, 4.69) is 6.92 Å². The molecule has 0 saturated heterocycles. The Bertz CT molecular complexity index is 185. The second-order valence-corrected chi connectivity index (χ2v) is 4.25. The number of rotatable bonds is 0. The Morgan fingerprint density at radius 2 is 2.09 bits per heavy atom. The highest BCUT2D eigenvalue weighted by atomic mass is 16.1. The Morgan fingerprint density at radius 3 is 2.73 bits per heavy atom. The molecule has 0 unspecified atom stereocenters. The highest BCUT2D eigenvalue weighted by Crippen LogP contribution is 2.58. The predicted octanol–water partition coefficient (Wildman–Crippen LogP) is 2.55. The Kier molecular flexibility index (Phi) is 1.55. The van der Waals surface area contributed by atoms with Crippen LogP contribution in [0.25, 0.3) is 0 Å². The molecule has 2 aliphatic carbocycles. The molecular weight excluding hydrogens is 136 g/mol. The summed E-state index contributed by atoms with van der Waals surface area (Å²) in [6.07, 6.45) is 6.95. The van der Waals surface area contributed by atoms with Gasteiger partial charge in [-0.2, -0.15) is 0 Å². The van der Waals surface area contributed by atoms with E-state index in [1.54, 1.807) is 0 Å². The first-order chi connectivity index (χ1) is 5.26. The second kappa shape index (κ2) is 2.33. The molecule has 0 heterocycles. The first-order valence-corrected chi connectivity index (χ1v) is 4.79. The van der Waals surface area contributed by atoms with Gasteiger partial charge in [0.05, 0.1) is 0 Å². The number of ketones is 1. The molecule has 1 spiro atoms. The predicted molar refractivity (Wildman–Crippen MR) is 44.3 cm³/mol. The van der Waals surface area contributed by atoms with Gasteiger partial charge in [-0.3, -0.25) is 4.79 Å². The van der Waals surface area contributed by atoms with Crippen molar-refractivity contribution in [2.75, 3.05) is 0 Å². The van der Waals surface area contributed by atoms with E-state index in [-0.39, 0.29) is 5.41 Å². The molecule has 0 aromatic heterocycles. The summed E-state index contributed by atoms with van der Waals surface area (Å²) in [4.78, 5) is 11.6. The van der Waals surface area contributed by atoms with Gasteiger partial charge in [-0.25, -0.2) is 0 Å². The Balaban J connectivity index is 2.12. The van der Waals surface area contributed by atoms with E-state index in [9.17, 15) is 4.79 Å². The highest BCUT2D eigenvalue weighted by Gasteiger charge is 2.55. The Hall–Kier alpha value is -0.330. The lowest BCUT2D eigenvalue weighted by Crippen LogP contribution is -2.15. The number of carbonyl (C=O) groups excluding carboxylic acids is 1. The van der Waals surface area contributed by atoms with E-state index in [0.29, 0.717) is 11.7 Å². The van der Waals surface area contributed by atoms with E-state index in [1.165, 1.54) is 25.7 Å². The molecule has 2 saturated carbocycles. The summed E-state index contributed by atoms with van der Waals surface area (Å²) in [5.74, 6) is 1.27. The molecular formula is C10H16O. The lowest BCUT2D eigenvalue weighted by Gasteiger charge is -2.09. The molecule has 0 aromatic carbocycles. The summed E-state index contributed by atoms with van der Waals surface area (Å²) in [6.45, 7) is 2.23. The summed E-state index contributed by atoms with van der Waals surface area (Å²) in [7, 11) is 0. The maximum absolute atomic E-state index is 11.6. The van der Waals surface area contributed by atoms with Crippen molar-refractivity contribution in [3.63, 3.8) is 0 Å². The Morgan fingerprint density at radius 1 is 1.36 bits per heavy atom. The van der Waals surface area contributed by atoms with Crippen molar-refractivity contribution in [1.82, 2.24) is 0 Å². The van der Waals surface area contributed by atoms with E-state index in [4.69, 9.17) is 0 Å². The first kappa shape index (κ1) is 7.33. The third kappa shape index (κ3) is 1.02. The van der Waals surface area contributed by atoms with E-state index >= 15 is 0 Å². The van der Waals surface area contributed by atoms with Crippen LogP contribution in [-0.2, 0) is 4.79 Å². The minimum Gasteiger partial charge on any atom is -0.299 e. The van der Waals surface area contributed by atoms with Crippen LogP contribution in [0.3, 0.4) is 0 Å². The number of hydrogen-bond acceptors (Lipinski definition) is 1. The van der Waals surface area contributed by atoms with Gasteiger partial charge in [0.25, 0.3) is 0 Å². The van der Waals surface area contributed by atoms with Gasteiger partial charge < -0.3 is 0 Å². The smallest absolute Gasteiger partial charge is 0.139 e. The molecule has 2 rings (SSSR count). The van der Waals surface area contributed by atoms with Crippen LogP contribution in [0.4, 0.5) is 0 Å². The van der Waals surface area contributed by atoms with Gasteiger partial charge in [0.1, 0.15) is 5.78 Å². The van der Waals surface area contributed by atoms with Crippen molar-refractivity contribution in [3.05, 3.63) is 0 Å². The zero-order chi connectivity index (χ0) is 7.90. The average Bonchev–Trinajstić information content (AvgIpc) is 2.65. The van der Waals surface area contributed by atoms with Crippen LogP contribution in [-0.4, -0.2) is 5.78 Å². The summed E-state index contributed by atoms with van der Waals surface area (Å²) in [5, 5.41) is 0. The normalized spacial score (nSPS) is 44.1. The van der Waals surface area contributed by atoms with Crippen molar-refractivity contribution in [2.24, 2.45) is 11.3 Å². The minimum atomic E-state index is 0.191. The molecule has 62 valence electrons. The SMILES string of the molecule is C[C@H]1C[C@@]12CCCCCC2=O.